The van der Waals surface area contributed by atoms with Crippen LogP contribution in [0.5, 0.6) is 0 Å². The Bertz CT molecular complexity index is 153. The van der Waals surface area contributed by atoms with Gasteiger partial charge in [-0.1, -0.05) is 33.6 Å². The van der Waals surface area contributed by atoms with Gasteiger partial charge in [-0.2, -0.15) is 0 Å². The zero-order valence-corrected chi connectivity index (χ0v) is 10.6. The molecule has 0 spiro atoms. The van der Waals surface area contributed by atoms with E-state index in [2.05, 4.69) is 26.1 Å². The Morgan fingerprint density at radius 3 is 2.67 bits per heavy atom. The smallest absolute Gasteiger partial charge is 0.0754 e. The van der Waals surface area contributed by atoms with Crippen molar-refractivity contribution < 1.29 is 4.74 Å². The highest BCUT2D eigenvalue weighted by atomic mass is 16.5. The van der Waals surface area contributed by atoms with Crippen molar-refractivity contribution >= 4 is 0 Å². The van der Waals surface area contributed by atoms with E-state index in [4.69, 9.17) is 4.74 Å². The molecule has 1 saturated heterocycles. The Hall–Kier alpha value is -0.0800. The number of unbranched alkanes of at least 4 members (excludes halogenated alkanes) is 1. The summed E-state index contributed by atoms with van der Waals surface area (Å²) in [6, 6.07) is 0.586. The minimum absolute atomic E-state index is 0.461. The van der Waals surface area contributed by atoms with Gasteiger partial charge in [-0.3, -0.25) is 0 Å². The molecule has 0 aromatic rings. The van der Waals surface area contributed by atoms with E-state index in [1.165, 1.54) is 32.1 Å². The fraction of sp³-hybridized carbons (Fsp3) is 1.00. The average Bonchev–Trinajstić information content (AvgIpc) is 2.65. The molecule has 1 aliphatic rings. The summed E-state index contributed by atoms with van der Waals surface area (Å²) in [5.41, 5.74) is 0. The summed E-state index contributed by atoms with van der Waals surface area (Å²) >= 11 is 0. The number of rotatable bonds is 7. The van der Waals surface area contributed by atoms with E-state index in [1.54, 1.807) is 0 Å². The van der Waals surface area contributed by atoms with Gasteiger partial charge >= 0.3 is 0 Å². The molecule has 0 aliphatic carbocycles. The zero-order chi connectivity index (χ0) is 11.1. The Morgan fingerprint density at radius 2 is 2.13 bits per heavy atom. The van der Waals surface area contributed by atoms with Gasteiger partial charge in [-0.25, -0.2) is 0 Å². The van der Waals surface area contributed by atoms with Crippen LogP contribution in [-0.2, 0) is 4.74 Å². The SMILES string of the molecule is CCCCC(NCCC)C1OCCC1C. The summed E-state index contributed by atoms with van der Waals surface area (Å²) in [7, 11) is 0. The molecule has 0 aromatic heterocycles. The van der Waals surface area contributed by atoms with Crippen molar-refractivity contribution in [3.63, 3.8) is 0 Å². The van der Waals surface area contributed by atoms with Gasteiger partial charge in [0.25, 0.3) is 0 Å². The van der Waals surface area contributed by atoms with E-state index in [1.807, 2.05) is 0 Å². The number of hydrogen-bond acceptors (Lipinski definition) is 2. The first-order valence-electron chi connectivity index (χ1n) is 6.64. The van der Waals surface area contributed by atoms with Crippen LogP contribution in [0.3, 0.4) is 0 Å². The molecule has 2 nitrogen and oxygen atoms in total. The fourth-order valence-electron chi connectivity index (χ4n) is 2.37. The predicted molar refractivity (Wildman–Crippen MR) is 65.1 cm³/mol. The molecule has 1 fully saturated rings. The van der Waals surface area contributed by atoms with E-state index >= 15 is 0 Å². The minimum Gasteiger partial charge on any atom is -0.376 e. The van der Waals surface area contributed by atoms with Crippen LogP contribution in [0.2, 0.25) is 0 Å². The van der Waals surface area contributed by atoms with E-state index in [0.717, 1.165) is 19.1 Å². The summed E-state index contributed by atoms with van der Waals surface area (Å²) in [4.78, 5) is 0. The molecule has 2 heteroatoms. The van der Waals surface area contributed by atoms with Crippen molar-refractivity contribution in [2.75, 3.05) is 13.2 Å². The normalized spacial score (nSPS) is 28.2. The van der Waals surface area contributed by atoms with Gasteiger partial charge in [0.2, 0.25) is 0 Å². The zero-order valence-electron chi connectivity index (χ0n) is 10.6. The van der Waals surface area contributed by atoms with E-state index in [-0.39, 0.29) is 0 Å². The lowest BCUT2D eigenvalue weighted by molar-refractivity contribution is 0.0576. The molecule has 1 aliphatic heterocycles. The summed E-state index contributed by atoms with van der Waals surface area (Å²) in [5, 5.41) is 3.65. The lowest BCUT2D eigenvalue weighted by atomic mass is 9.94. The Morgan fingerprint density at radius 1 is 1.33 bits per heavy atom. The van der Waals surface area contributed by atoms with Crippen LogP contribution in [0.15, 0.2) is 0 Å². The molecule has 0 aromatic carbocycles. The lowest BCUT2D eigenvalue weighted by Crippen LogP contribution is -2.42. The maximum Gasteiger partial charge on any atom is 0.0754 e. The van der Waals surface area contributed by atoms with Gasteiger partial charge < -0.3 is 10.1 Å². The molecular weight excluding hydrogens is 186 g/mol. The van der Waals surface area contributed by atoms with Crippen LogP contribution in [-0.4, -0.2) is 25.3 Å². The van der Waals surface area contributed by atoms with Crippen LogP contribution >= 0.6 is 0 Å². The average molecular weight is 213 g/mol. The summed E-state index contributed by atoms with van der Waals surface area (Å²) < 4.78 is 5.86. The van der Waals surface area contributed by atoms with Crippen molar-refractivity contribution in [3.05, 3.63) is 0 Å². The standard InChI is InChI=1S/C13H27NO/c1-4-6-7-12(14-9-5-2)13-11(3)8-10-15-13/h11-14H,4-10H2,1-3H3. The first-order chi connectivity index (χ1) is 7.29. The highest BCUT2D eigenvalue weighted by molar-refractivity contribution is 4.84. The van der Waals surface area contributed by atoms with E-state index in [9.17, 15) is 0 Å². The van der Waals surface area contributed by atoms with Gasteiger partial charge in [-0.05, 0) is 31.7 Å². The lowest BCUT2D eigenvalue weighted by Gasteiger charge is -2.27. The van der Waals surface area contributed by atoms with Gasteiger partial charge in [0, 0.05) is 12.6 Å². The fourth-order valence-corrected chi connectivity index (χ4v) is 2.37. The van der Waals surface area contributed by atoms with Gasteiger partial charge in [-0.15, -0.1) is 0 Å². The summed E-state index contributed by atoms with van der Waals surface area (Å²) in [6.45, 7) is 8.89. The third-order valence-electron chi connectivity index (χ3n) is 3.37. The van der Waals surface area contributed by atoms with Gasteiger partial charge in [0.05, 0.1) is 6.10 Å². The summed E-state index contributed by atoms with van der Waals surface area (Å²) in [6.07, 6.45) is 6.78. The highest BCUT2D eigenvalue weighted by Gasteiger charge is 2.30. The van der Waals surface area contributed by atoms with E-state index < -0.39 is 0 Å². The molecule has 90 valence electrons. The quantitative estimate of drug-likeness (QED) is 0.702. The second-order valence-corrected chi connectivity index (χ2v) is 4.80. The molecule has 1 rings (SSSR count). The second-order valence-electron chi connectivity index (χ2n) is 4.80. The first-order valence-corrected chi connectivity index (χ1v) is 6.64. The number of nitrogens with one attached hydrogen (secondary N) is 1. The molecule has 1 N–H and O–H groups in total. The molecule has 1 heterocycles. The highest BCUT2D eigenvalue weighted by Crippen LogP contribution is 2.25. The minimum atomic E-state index is 0.461. The van der Waals surface area contributed by atoms with Crippen molar-refractivity contribution in [1.82, 2.24) is 5.32 Å². The Balaban J connectivity index is 2.38. The van der Waals surface area contributed by atoms with Crippen LogP contribution < -0.4 is 5.32 Å². The van der Waals surface area contributed by atoms with Crippen molar-refractivity contribution in [2.24, 2.45) is 5.92 Å². The Labute approximate surface area is 94.8 Å². The number of ether oxygens (including phenoxy) is 1. The van der Waals surface area contributed by atoms with Crippen LogP contribution in [0.25, 0.3) is 0 Å². The maximum absolute atomic E-state index is 5.86. The Kier molecular flexibility index (Phi) is 6.26. The third-order valence-corrected chi connectivity index (χ3v) is 3.37. The molecule has 0 bridgehead atoms. The molecule has 15 heavy (non-hydrogen) atoms. The largest absolute Gasteiger partial charge is 0.376 e. The van der Waals surface area contributed by atoms with Crippen molar-refractivity contribution in [2.45, 2.75) is 65.0 Å². The van der Waals surface area contributed by atoms with Gasteiger partial charge in [0.1, 0.15) is 0 Å². The van der Waals surface area contributed by atoms with E-state index in [0.29, 0.717) is 12.1 Å². The van der Waals surface area contributed by atoms with Crippen molar-refractivity contribution in [1.29, 1.82) is 0 Å². The monoisotopic (exact) mass is 213 g/mol. The topological polar surface area (TPSA) is 21.3 Å². The van der Waals surface area contributed by atoms with Crippen molar-refractivity contribution in [3.8, 4) is 0 Å². The molecule has 0 radical (unpaired) electrons. The predicted octanol–water partition coefficient (Wildman–Crippen LogP) is 2.97. The second kappa shape index (κ2) is 7.24. The third kappa shape index (κ3) is 4.12. The molecular formula is C13H27NO. The molecule has 3 unspecified atom stereocenters. The molecule has 0 saturated carbocycles. The summed E-state index contributed by atoms with van der Waals surface area (Å²) in [5.74, 6) is 0.733. The number of hydrogen-bond donors (Lipinski definition) is 1. The van der Waals surface area contributed by atoms with Crippen LogP contribution in [0, 0.1) is 5.92 Å². The maximum atomic E-state index is 5.86. The van der Waals surface area contributed by atoms with Crippen LogP contribution in [0.4, 0.5) is 0 Å². The van der Waals surface area contributed by atoms with Crippen LogP contribution in [0.1, 0.15) is 52.9 Å². The first kappa shape index (κ1) is 13.0. The van der Waals surface area contributed by atoms with Gasteiger partial charge in [0.15, 0.2) is 0 Å². The molecule has 3 atom stereocenters. The molecule has 0 amide bonds.